The van der Waals surface area contributed by atoms with E-state index in [0.29, 0.717) is 10.8 Å². The molecule has 0 saturated carbocycles. The van der Waals surface area contributed by atoms with Crippen LogP contribution in [0.15, 0.2) is 30.6 Å². The molecule has 1 aromatic heterocycles. The molecule has 5 nitrogen and oxygen atoms in total. The predicted octanol–water partition coefficient (Wildman–Crippen LogP) is 4.00. The number of ether oxygens (including phenoxy) is 1. The third-order valence-corrected chi connectivity index (χ3v) is 4.93. The number of carbonyl (C=O) groups is 1. The predicted molar refractivity (Wildman–Crippen MR) is 97.9 cm³/mol. The van der Waals surface area contributed by atoms with E-state index in [4.69, 9.17) is 16.3 Å². The summed E-state index contributed by atoms with van der Waals surface area (Å²) in [6, 6.07) is 5.45. The van der Waals surface area contributed by atoms with Crippen LogP contribution in [0.25, 0.3) is 0 Å². The number of hydrogen-bond donors (Lipinski definition) is 0. The average molecular weight is 362 g/mol. The zero-order chi connectivity index (χ0) is 17.8. The number of amides is 1. The molecule has 25 heavy (non-hydrogen) atoms. The molecular formula is C19H24ClN3O2. The first kappa shape index (κ1) is 17.8. The Balaban J connectivity index is 1.70. The van der Waals surface area contributed by atoms with E-state index in [-0.39, 0.29) is 18.6 Å². The first-order valence-electron chi connectivity index (χ1n) is 8.79. The van der Waals surface area contributed by atoms with Crippen molar-refractivity contribution in [3.8, 4) is 5.75 Å². The van der Waals surface area contributed by atoms with Crippen molar-refractivity contribution in [1.29, 1.82) is 0 Å². The lowest BCUT2D eigenvalue weighted by Gasteiger charge is -2.35. The van der Waals surface area contributed by atoms with Crippen molar-refractivity contribution >= 4 is 17.5 Å². The van der Waals surface area contributed by atoms with Crippen LogP contribution in [0.3, 0.4) is 0 Å². The molecule has 0 N–H and O–H groups in total. The molecule has 0 spiro atoms. The summed E-state index contributed by atoms with van der Waals surface area (Å²) < 4.78 is 7.86. The fraction of sp³-hybridized carbons (Fsp3) is 0.474. The third kappa shape index (κ3) is 3.98. The smallest absolute Gasteiger partial charge is 0.261 e. The van der Waals surface area contributed by atoms with Gasteiger partial charge in [-0.2, -0.15) is 0 Å². The number of nitrogens with zero attached hydrogens (tertiary/aromatic N) is 3. The molecule has 2 heterocycles. The van der Waals surface area contributed by atoms with Crippen molar-refractivity contribution in [2.24, 2.45) is 0 Å². The summed E-state index contributed by atoms with van der Waals surface area (Å²) in [4.78, 5) is 19.2. The first-order chi connectivity index (χ1) is 12.1. The minimum absolute atomic E-state index is 0.00435. The zero-order valence-electron chi connectivity index (χ0n) is 14.7. The molecular weight excluding hydrogens is 338 g/mol. The van der Waals surface area contributed by atoms with Gasteiger partial charge in [0.05, 0.1) is 6.04 Å². The Labute approximate surface area is 153 Å². The molecule has 0 aliphatic carbocycles. The summed E-state index contributed by atoms with van der Waals surface area (Å²) in [6.45, 7) is 5.66. The number of halogens is 1. The van der Waals surface area contributed by atoms with Gasteiger partial charge in [-0.1, -0.05) is 11.6 Å². The van der Waals surface area contributed by atoms with Crippen LogP contribution in [-0.2, 0) is 11.3 Å². The van der Waals surface area contributed by atoms with Gasteiger partial charge in [-0.3, -0.25) is 4.79 Å². The summed E-state index contributed by atoms with van der Waals surface area (Å²) >= 11 is 5.97. The normalized spacial score (nSPS) is 17.6. The number of aryl methyl sites for hydroxylation is 2. The molecule has 1 atom stereocenters. The molecule has 1 aromatic carbocycles. The number of rotatable bonds is 5. The highest BCUT2D eigenvalue weighted by Gasteiger charge is 2.30. The topological polar surface area (TPSA) is 47.4 Å². The Kier molecular flexibility index (Phi) is 5.63. The van der Waals surface area contributed by atoms with Crippen LogP contribution >= 0.6 is 11.6 Å². The Bertz CT molecular complexity index is 744. The number of aromatic nitrogens is 2. The molecule has 6 heteroatoms. The molecule has 1 fully saturated rings. The van der Waals surface area contributed by atoms with E-state index in [2.05, 4.69) is 16.5 Å². The molecule has 2 aromatic rings. The molecule has 134 valence electrons. The number of imidazole rings is 1. The van der Waals surface area contributed by atoms with Gasteiger partial charge in [0, 0.05) is 30.5 Å². The summed E-state index contributed by atoms with van der Waals surface area (Å²) in [5, 5.41) is 0.665. The fourth-order valence-corrected chi connectivity index (χ4v) is 3.61. The van der Waals surface area contributed by atoms with Gasteiger partial charge in [0.2, 0.25) is 0 Å². The molecule has 0 radical (unpaired) electrons. The lowest BCUT2D eigenvalue weighted by molar-refractivity contribution is -0.137. The minimum atomic E-state index is 0.00435. The Morgan fingerprint density at radius 3 is 3.00 bits per heavy atom. The van der Waals surface area contributed by atoms with Gasteiger partial charge in [0.1, 0.15) is 11.6 Å². The van der Waals surface area contributed by atoms with Crippen molar-refractivity contribution in [2.45, 2.75) is 45.7 Å². The average Bonchev–Trinajstić information content (AvgIpc) is 3.09. The van der Waals surface area contributed by atoms with E-state index in [9.17, 15) is 4.79 Å². The molecule has 1 saturated heterocycles. The minimum Gasteiger partial charge on any atom is -0.483 e. The highest BCUT2D eigenvalue weighted by molar-refractivity contribution is 6.30. The van der Waals surface area contributed by atoms with E-state index in [1.54, 1.807) is 6.07 Å². The second-order valence-corrected chi connectivity index (χ2v) is 6.81. The number of benzene rings is 1. The Hall–Kier alpha value is -2.01. The standard InChI is InChI=1S/C19H24ClN3O2/c1-3-22-11-9-21-19(22)16-6-4-5-10-23(16)18(24)13-25-17-8-7-15(20)12-14(17)2/h7-9,11-12,16H,3-6,10,13H2,1-2H3/t16-/m0/s1. The molecule has 1 aliphatic rings. The summed E-state index contributed by atoms with van der Waals surface area (Å²) in [5.74, 6) is 1.67. The molecule has 0 unspecified atom stereocenters. The Morgan fingerprint density at radius 2 is 2.24 bits per heavy atom. The fourth-order valence-electron chi connectivity index (χ4n) is 3.38. The van der Waals surface area contributed by atoms with E-state index in [1.165, 1.54) is 0 Å². The summed E-state index contributed by atoms with van der Waals surface area (Å²) in [5.41, 5.74) is 0.928. The second-order valence-electron chi connectivity index (χ2n) is 6.37. The van der Waals surface area contributed by atoms with Crippen molar-refractivity contribution in [1.82, 2.24) is 14.5 Å². The third-order valence-electron chi connectivity index (χ3n) is 4.70. The zero-order valence-corrected chi connectivity index (χ0v) is 15.5. The molecule has 1 aliphatic heterocycles. The molecule has 0 bridgehead atoms. The van der Waals surface area contributed by atoms with Gasteiger partial charge < -0.3 is 14.2 Å². The van der Waals surface area contributed by atoms with Crippen molar-refractivity contribution < 1.29 is 9.53 Å². The Morgan fingerprint density at radius 1 is 1.40 bits per heavy atom. The highest BCUT2D eigenvalue weighted by atomic mass is 35.5. The first-order valence-corrected chi connectivity index (χ1v) is 9.17. The van der Waals surface area contributed by atoms with Gasteiger partial charge in [0.15, 0.2) is 6.61 Å². The van der Waals surface area contributed by atoms with Gasteiger partial charge in [-0.05, 0) is 56.9 Å². The van der Waals surface area contributed by atoms with E-state index in [1.807, 2.05) is 36.4 Å². The van der Waals surface area contributed by atoms with E-state index < -0.39 is 0 Å². The van der Waals surface area contributed by atoms with Crippen LogP contribution < -0.4 is 4.74 Å². The van der Waals surface area contributed by atoms with Gasteiger partial charge in [-0.15, -0.1) is 0 Å². The van der Waals surface area contributed by atoms with Crippen LogP contribution in [0.2, 0.25) is 5.02 Å². The maximum Gasteiger partial charge on any atom is 0.261 e. The van der Waals surface area contributed by atoms with Gasteiger partial charge in [-0.25, -0.2) is 4.98 Å². The quantitative estimate of drug-likeness (QED) is 0.808. The lowest BCUT2D eigenvalue weighted by Crippen LogP contribution is -2.42. The van der Waals surface area contributed by atoms with Gasteiger partial charge in [0.25, 0.3) is 5.91 Å². The van der Waals surface area contributed by atoms with Crippen molar-refractivity contribution in [3.63, 3.8) is 0 Å². The number of piperidine rings is 1. The molecule has 3 rings (SSSR count). The maximum absolute atomic E-state index is 12.8. The van der Waals surface area contributed by atoms with Crippen molar-refractivity contribution in [2.75, 3.05) is 13.2 Å². The van der Waals surface area contributed by atoms with Gasteiger partial charge >= 0.3 is 0 Å². The van der Waals surface area contributed by atoms with Crippen LogP contribution in [0, 0.1) is 6.92 Å². The highest BCUT2D eigenvalue weighted by Crippen LogP contribution is 2.30. The lowest BCUT2D eigenvalue weighted by atomic mass is 10.0. The largest absolute Gasteiger partial charge is 0.483 e. The molecule has 1 amide bonds. The van der Waals surface area contributed by atoms with Crippen molar-refractivity contribution in [3.05, 3.63) is 47.0 Å². The van der Waals surface area contributed by atoms with Crippen LogP contribution in [0.1, 0.15) is 43.6 Å². The van der Waals surface area contributed by atoms with Crippen LogP contribution in [0.5, 0.6) is 5.75 Å². The van der Waals surface area contributed by atoms with E-state index in [0.717, 1.165) is 43.7 Å². The number of hydrogen-bond acceptors (Lipinski definition) is 3. The SMILES string of the molecule is CCn1ccnc1[C@@H]1CCCCN1C(=O)COc1ccc(Cl)cc1C. The number of likely N-dealkylation sites (tertiary alicyclic amines) is 1. The number of carbonyl (C=O) groups excluding carboxylic acids is 1. The van der Waals surface area contributed by atoms with Crippen LogP contribution in [0.4, 0.5) is 0 Å². The summed E-state index contributed by atoms with van der Waals surface area (Å²) in [6.07, 6.45) is 6.86. The summed E-state index contributed by atoms with van der Waals surface area (Å²) in [7, 11) is 0. The van der Waals surface area contributed by atoms with E-state index >= 15 is 0 Å². The monoisotopic (exact) mass is 361 g/mol. The van der Waals surface area contributed by atoms with Crippen LogP contribution in [-0.4, -0.2) is 33.5 Å². The maximum atomic E-state index is 12.8. The second kappa shape index (κ2) is 7.91.